The van der Waals surface area contributed by atoms with Gasteiger partial charge in [-0.3, -0.25) is 4.79 Å². The molecule has 1 aromatic rings. The zero-order valence-corrected chi connectivity index (χ0v) is 15.1. The van der Waals surface area contributed by atoms with E-state index in [1.54, 1.807) is 6.07 Å². The fraction of sp³-hybridized carbons (Fsp3) is 0.526. The number of aliphatic imine (C=N–C) groups is 1. The Hall–Kier alpha value is -2.57. The van der Waals surface area contributed by atoms with Gasteiger partial charge in [0, 0.05) is 13.1 Å². The van der Waals surface area contributed by atoms with Crippen molar-refractivity contribution in [3.63, 3.8) is 0 Å². The molecule has 2 aliphatic carbocycles. The van der Waals surface area contributed by atoms with Crippen LogP contribution in [0, 0.1) is 0 Å². The highest BCUT2D eigenvalue weighted by atomic mass is 16.2. The molecule has 138 valence electrons. The number of hydrogen-bond acceptors (Lipinski definition) is 3. The van der Waals surface area contributed by atoms with E-state index in [0.717, 1.165) is 44.1 Å². The molecule has 1 saturated heterocycles. The molecule has 7 heteroatoms. The summed E-state index contributed by atoms with van der Waals surface area (Å²) in [4.78, 5) is 33.0. The SMILES string of the molecule is CN(C(N)=NCc1cccc(N2C(=O)NC3(CCCC3)C2=O)c1)C1CC1. The van der Waals surface area contributed by atoms with Gasteiger partial charge in [-0.2, -0.15) is 0 Å². The Morgan fingerprint density at radius 1 is 1.35 bits per heavy atom. The molecule has 4 rings (SSSR count). The third-order valence-electron chi connectivity index (χ3n) is 5.67. The number of carbonyl (C=O) groups is 2. The molecule has 1 aliphatic heterocycles. The van der Waals surface area contributed by atoms with Gasteiger partial charge in [-0.1, -0.05) is 25.0 Å². The first-order chi connectivity index (χ1) is 12.5. The van der Waals surface area contributed by atoms with Gasteiger partial charge in [-0.05, 0) is 43.4 Å². The van der Waals surface area contributed by atoms with Crippen LogP contribution in [0.4, 0.5) is 10.5 Å². The number of rotatable bonds is 4. The standard InChI is InChI=1S/C19H25N5O2/c1-23(14-7-8-14)17(20)21-12-13-5-4-6-15(11-13)24-16(25)19(22-18(24)26)9-2-3-10-19/h4-6,11,14H,2-3,7-10,12H2,1H3,(H2,20,21)(H,22,26). The lowest BCUT2D eigenvalue weighted by Crippen LogP contribution is -2.44. The quantitative estimate of drug-likeness (QED) is 0.491. The summed E-state index contributed by atoms with van der Waals surface area (Å²) in [5, 5.41) is 2.91. The van der Waals surface area contributed by atoms with Gasteiger partial charge in [0.05, 0.1) is 12.2 Å². The maximum absolute atomic E-state index is 12.9. The van der Waals surface area contributed by atoms with Gasteiger partial charge in [0.2, 0.25) is 0 Å². The number of anilines is 1. The van der Waals surface area contributed by atoms with Crippen molar-refractivity contribution >= 4 is 23.6 Å². The number of nitrogens with one attached hydrogen (secondary N) is 1. The first-order valence-corrected chi connectivity index (χ1v) is 9.29. The Kier molecular flexibility index (Phi) is 4.09. The van der Waals surface area contributed by atoms with Gasteiger partial charge in [0.1, 0.15) is 5.54 Å². The smallest absolute Gasteiger partial charge is 0.329 e. The zero-order chi connectivity index (χ0) is 18.3. The number of carbonyl (C=O) groups excluding carboxylic acids is 2. The highest BCUT2D eigenvalue weighted by Gasteiger charge is 2.52. The van der Waals surface area contributed by atoms with Crippen LogP contribution in [0.5, 0.6) is 0 Å². The Balaban J connectivity index is 1.51. The molecule has 0 radical (unpaired) electrons. The summed E-state index contributed by atoms with van der Waals surface area (Å²) in [6, 6.07) is 7.60. The molecular formula is C19H25N5O2. The largest absolute Gasteiger partial charge is 0.370 e. The van der Waals surface area contributed by atoms with Crippen LogP contribution < -0.4 is 16.0 Å². The third-order valence-corrected chi connectivity index (χ3v) is 5.67. The highest BCUT2D eigenvalue weighted by molar-refractivity contribution is 6.23. The van der Waals surface area contributed by atoms with Crippen molar-refractivity contribution in [2.75, 3.05) is 11.9 Å². The van der Waals surface area contributed by atoms with E-state index in [9.17, 15) is 9.59 Å². The van der Waals surface area contributed by atoms with E-state index in [1.165, 1.54) is 4.90 Å². The highest BCUT2D eigenvalue weighted by Crippen LogP contribution is 2.37. The summed E-state index contributed by atoms with van der Waals surface area (Å²) in [6.45, 7) is 0.422. The summed E-state index contributed by atoms with van der Waals surface area (Å²) in [6.07, 6.45) is 5.72. The lowest BCUT2D eigenvalue weighted by molar-refractivity contribution is -0.121. The van der Waals surface area contributed by atoms with E-state index in [0.29, 0.717) is 24.2 Å². The second kappa shape index (κ2) is 6.30. The van der Waals surface area contributed by atoms with Crippen LogP contribution >= 0.6 is 0 Å². The van der Waals surface area contributed by atoms with Crippen molar-refractivity contribution in [2.45, 2.75) is 56.7 Å². The van der Waals surface area contributed by atoms with Gasteiger partial charge in [-0.25, -0.2) is 14.7 Å². The molecule has 26 heavy (non-hydrogen) atoms. The van der Waals surface area contributed by atoms with Gasteiger partial charge in [0.15, 0.2) is 5.96 Å². The molecule has 1 spiro atoms. The van der Waals surface area contributed by atoms with Gasteiger partial charge >= 0.3 is 6.03 Å². The minimum Gasteiger partial charge on any atom is -0.370 e. The maximum atomic E-state index is 12.9. The van der Waals surface area contributed by atoms with Crippen molar-refractivity contribution in [3.8, 4) is 0 Å². The van der Waals surface area contributed by atoms with E-state index in [2.05, 4.69) is 10.3 Å². The molecule has 3 N–H and O–H groups in total. The van der Waals surface area contributed by atoms with Crippen LogP contribution in [0.1, 0.15) is 44.1 Å². The molecule has 2 saturated carbocycles. The van der Waals surface area contributed by atoms with Crippen molar-refractivity contribution in [1.29, 1.82) is 0 Å². The van der Waals surface area contributed by atoms with E-state index < -0.39 is 5.54 Å². The topological polar surface area (TPSA) is 91.0 Å². The summed E-state index contributed by atoms with van der Waals surface area (Å²) in [5.74, 6) is 0.395. The molecular weight excluding hydrogens is 330 g/mol. The van der Waals surface area contributed by atoms with E-state index >= 15 is 0 Å². The molecule has 0 atom stereocenters. The minimum atomic E-state index is -0.692. The minimum absolute atomic E-state index is 0.131. The molecule has 3 aliphatic rings. The lowest BCUT2D eigenvalue weighted by Gasteiger charge is -2.20. The Bertz CT molecular complexity index is 765. The average Bonchev–Trinajstić information content (AvgIpc) is 3.33. The second-order valence-electron chi connectivity index (χ2n) is 7.55. The fourth-order valence-corrected chi connectivity index (χ4v) is 3.90. The van der Waals surface area contributed by atoms with Gasteiger partial charge < -0.3 is 16.0 Å². The second-order valence-corrected chi connectivity index (χ2v) is 7.55. The zero-order valence-electron chi connectivity index (χ0n) is 15.1. The Morgan fingerprint density at radius 2 is 2.08 bits per heavy atom. The third kappa shape index (κ3) is 2.91. The molecule has 0 unspecified atom stereocenters. The summed E-state index contributed by atoms with van der Waals surface area (Å²) in [5.41, 5.74) is 6.86. The van der Waals surface area contributed by atoms with Crippen LogP contribution in [-0.4, -0.2) is 41.4 Å². The van der Waals surface area contributed by atoms with Crippen molar-refractivity contribution in [3.05, 3.63) is 29.8 Å². The van der Waals surface area contributed by atoms with Crippen molar-refractivity contribution in [2.24, 2.45) is 10.7 Å². The first kappa shape index (κ1) is 16.9. The van der Waals surface area contributed by atoms with E-state index in [1.807, 2.05) is 30.1 Å². The Labute approximate surface area is 153 Å². The number of amides is 3. The number of imide groups is 1. The van der Waals surface area contributed by atoms with E-state index in [-0.39, 0.29) is 11.9 Å². The lowest BCUT2D eigenvalue weighted by atomic mass is 9.98. The number of hydrogen-bond donors (Lipinski definition) is 2. The molecule has 7 nitrogen and oxygen atoms in total. The fourth-order valence-electron chi connectivity index (χ4n) is 3.90. The van der Waals surface area contributed by atoms with Crippen LogP contribution in [0.3, 0.4) is 0 Å². The predicted octanol–water partition coefficient (Wildman–Crippen LogP) is 1.96. The number of nitrogens with zero attached hydrogens (tertiary/aromatic N) is 3. The number of urea groups is 1. The van der Waals surface area contributed by atoms with Gasteiger partial charge in [0.25, 0.3) is 5.91 Å². The van der Waals surface area contributed by atoms with E-state index in [4.69, 9.17) is 5.73 Å². The normalized spacial score (nSPS) is 22.2. The van der Waals surface area contributed by atoms with Crippen LogP contribution in [0.25, 0.3) is 0 Å². The van der Waals surface area contributed by atoms with Crippen molar-refractivity contribution < 1.29 is 9.59 Å². The first-order valence-electron chi connectivity index (χ1n) is 9.29. The molecule has 3 fully saturated rings. The van der Waals surface area contributed by atoms with Gasteiger partial charge in [-0.15, -0.1) is 0 Å². The average molecular weight is 355 g/mol. The number of nitrogens with two attached hydrogens (primary N) is 1. The molecule has 3 amide bonds. The molecule has 0 bridgehead atoms. The van der Waals surface area contributed by atoms with Crippen LogP contribution in [0.2, 0.25) is 0 Å². The van der Waals surface area contributed by atoms with Crippen molar-refractivity contribution in [1.82, 2.24) is 10.2 Å². The maximum Gasteiger partial charge on any atom is 0.329 e. The number of guanidine groups is 1. The van der Waals surface area contributed by atoms with Crippen LogP contribution in [0.15, 0.2) is 29.3 Å². The molecule has 1 heterocycles. The predicted molar refractivity (Wildman–Crippen MR) is 99.8 cm³/mol. The summed E-state index contributed by atoms with van der Waals surface area (Å²) >= 11 is 0. The summed E-state index contributed by atoms with van der Waals surface area (Å²) in [7, 11) is 1.96. The molecule has 1 aromatic carbocycles. The monoisotopic (exact) mass is 355 g/mol. The molecule has 0 aromatic heterocycles. The Morgan fingerprint density at radius 3 is 2.77 bits per heavy atom. The number of benzene rings is 1. The van der Waals surface area contributed by atoms with Crippen LogP contribution in [-0.2, 0) is 11.3 Å². The summed E-state index contributed by atoms with van der Waals surface area (Å²) < 4.78 is 0.